The molecule has 0 saturated carbocycles. The van der Waals surface area contributed by atoms with Crippen LogP contribution in [-0.2, 0) is 9.53 Å². The minimum atomic E-state index is 0.0515. The quantitative estimate of drug-likeness (QED) is 0.567. The molecule has 1 heterocycles. The molecule has 62 valence electrons. The number of carbonyl (C=O) groups excluding carboxylic acids is 1. The largest absolute Gasteiger partial charge is 0.487 e. The van der Waals surface area contributed by atoms with Crippen LogP contribution in [-0.4, -0.2) is 24.0 Å². The van der Waals surface area contributed by atoms with E-state index in [0.717, 1.165) is 18.0 Å². The van der Waals surface area contributed by atoms with Gasteiger partial charge in [-0.3, -0.25) is 4.79 Å². The van der Waals surface area contributed by atoms with Crippen molar-refractivity contribution < 1.29 is 9.53 Å². The van der Waals surface area contributed by atoms with Crippen molar-refractivity contribution in [1.82, 2.24) is 4.90 Å². The van der Waals surface area contributed by atoms with E-state index in [2.05, 4.69) is 0 Å². The lowest BCUT2D eigenvalue weighted by atomic mass is 10.3. The van der Waals surface area contributed by atoms with Crippen molar-refractivity contribution >= 4 is 5.91 Å². The number of allylic oxidation sites excluding steroid dienone is 2. The second-order valence-electron chi connectivity index (χ2n) is 2.57. The van der Waals surface area contributed by atoms with Gasteiger partial charge < -0.3 is 9.64 Å². The molecule has 0 aromatic heterocycles. The van der Waals surface area contributed by atoms with Gasteiger partial charge in [-0.2, -0.15) is 0 Å². The van der Waals surface area contributed by atoms with Crippen LogP contribution in [0.25, 0.3) is 0 Å². The van der Waals surface area contributed by atoms with Crippen LogP contribution in [0.1, 0.15) is 20.8 Å². The number of amides is 1. The predicted octanol–water partition coefficient (Wildman–Crippen LogP) is 1.12. The maximum atomic E-state index is 11.1. The van der Waals surface area contributed by atoms with E-state index in [1.807, 2.05) is 20.8 Å². The van der Waals surface area contributed by atoms with Crippen molar-refractivity contribution in [3.8, 4) is 0 Å². The summed E-state index contributed by atoms with van der Waals surface area (Å²) < 4.78 is 5.12. The fourth-order valence-corrected chi connectivity index (χ4v) is 1.14. The van der Waals surface area contributed by atoms with E-state index < -0.39 is 0 Å². The molecule has 0 saturated heterocycles. The van der Waals surface area contributed by atoms with Crippen molar-refractivity contribution in [2.24, 2.45) is 0 Å². The topological polar surface area (TPSA) is 29.5 Å². The Labute approximate surface area is 66.6 Å². The van der Waals surface area contributed by atoms with Gasteiger partial charge in [0.2, 0.25) is 0 Å². The molecule has 3 heteroatoms. The Hall–Kier alpha value is -0.990. The van der Waals surface area contributed by atoms with Gasteiger partial charge in [0.25, 0.3) is 5.91 Å². The highest BCUT2D eigenvalue weighted by Crippen LogP contribution is 2.15. The molecular formula is C8H13NO2. The smallest absolute Gasteiger partial charge is 0.264 e. The summed E-state index contributed by atoms with van der Waals surface area (Å²) in [7, 11) is 0. The van der Waals surface area contributed by atoms with Gasteiger partial charge in [-0.1, -0.05) is 0 Å². The van der Waals surface area contributed by atoms with Crippen LogP contribution < -0.4 is 0 Å². The summed E-state index contributed by atoms with van der Waals surface area (Å²) in [5.74, 6) is 0.905. The summed E-state index contributed by atoms with van der Waals surface area (Å²) in [4.78, 5) is 12.9. The molecule has 11 heavy (non-hydrogen) atoms. The number of nitrogens with zero attached hydrogens (tertiary/aromatic N) is 1. The van der Waals surface area contributed by atoms with E-state index in [-0.39, 0.29) is 12.5 Å². The third kappa shape index (κ3) is 1.37. The molecule has 0 fully saturated rings. The Kier molecular flexibility index (Phi) is 2.17. The van der Waals surface area contributed by atoms with Gasteiger partial charge >= 0.3 is 0 Å². The summed E-state index contributed by atoms with van der Waals surface area (Å²) in [5, 5.41) is 0. The maximum Gasteiger partial charge on any atom is 0.264 e. The lowest BCUT2D eigenvalue weighted by molar-refractivity contribution is -0.135. The molecule has 0 unspecified atom stereocenters. The minimum Gasteiger partial charge on any atom is -0.487 e. The summed E-state index contributed by atoms with van der Waals surface area (Å²) in [5.41, 5.74) is 0.934. The van der Waals surface area contributed by atoms with Crippen LogP contribution in [0.15, 0.2) is 11.5 Å². The Morgan fingerprint density at radius 2 is 2.18 bits per heavy atom. The lowest BCUT2D eigenvalue weighted by Gasteiger charge is -2.27. The average Bonchev–Trinajstić information content (AvgIpc) is 1.99. The molecule has 1 rings (SSSR count). The SMILES string of the molecule is CCN1C(=O)COC(C)=C1C. The zero-order valence-electron chi connectivity index (χ0n) is 7.18. The molecule has 3 nitrogen and oxygen atoms in total. The third-order valence-corrected chi connectivity index (χ3v) is 1.94. The number of hydrogen-bond acceptors (Lipinski definition) is 2. The third-order valence-electron chi connectivity index (χ3n) is 1.94. The molecule has 0 aliphatic carbocycles. The van der Waals surface area contributed by atoms with E-state index >= 15 is 0 Å². The fraction of sp³-hybridized carbons (Fsp3) is 0.625. The highest BCUT2D eigenvalue weighted by Gasteiger charge is 2.20. The van der Waals surface area contributed by atoms with Crippen LogP contribution >= 0.6 is 0 Å². The lowest BCUT2D eigenvalue weighted by Crippen LogP contribution is -2.36. The van der Waals surface area contributed by atoms with E-state index in [4.69, 9.17) is 4.74 Å². The number of ether oxygens (including phenoxy) is 1. The van der Waals surface area contributed by atoms with Crippen LogP contribution in [0.5, 0.6) is 0 Å². The molecule has 0 N–H and O–H groups in total. The second kappa shape index (κ2) is 2.95. The van der Waals surface area contributed by atoms with Crippen LogP contribution in [0.4, 0.5) is 0 Å². The highest BCUT2D eigenvalue weighted by atomic mass is 16.5. The number of carbonyl (C=O) groups is 1. The molecule has 0 bridgehead atoms. The Morgan fingerprint density at radius 1 is 1.55 bits per heavy atom. The highest BCUT2D eigenvalue weighted by molar-refractivity contribution is 5.80. The van der Waals surface area contributed by atoms with Gasteiger partial charge in [-0.05, 0) is 20.8 Å². The van der Waals surface area contributed by atoms with Gasteiger partial charge in [-0.25, -0.2) is 0 Å². The molecule has 0 aromatic carbocycles. The average molecular weight is 155 g/mol. The summed E-state index contributed by atoms with van der Waals surface area (Å²) in [6.45, 7) is 6.66. The molecule has 1 aliphatic rings. The maximum absolute atomic E-state index is 11.1. The first kappa shape index (κ1) is 8.11. The predicted molar refractivity (Wildman–Crippen MR) is 41.7 cm³/mol. The van der Waals surface area contributed by atoms with E-state index in [0.29, 0.717) is 0 Å². The molecule has 0 aromatic rings. The van der Waals surface area contributed by atoms with Crippen molar-refractivity contribution in [2.45, 2.75) is 20.8 Å². The van der Waals surface area contributed by atoms with Gasteiger partial charge in [0.1, 0.15) is 5.76 Å². The first-order chi connectivity index (χ1) is 5.16. The van der Waals surface area contributed by atoms with Crippen molar-refractivity contribution in [3.05, 3.63) is 11.5 Å². The van der Waals surface area contributed by atoms with Gasteiger partial charge in [0.05, 0.1) is 5.70 Å². The normalized spacial score (nSPS) is 18.8. The number of rotatable bonds is 1. The minimum absolute atomic E-state index is 0.0515. The molecule has 0 spiro atoms. The Bertz CT molecular complexity index is 208. The zero-order valence-corrected chi connectivity index (χ0v) is 7.18. The molecule has 1 aliphatic heterocycles. The first-order valence-corrected chi connectivity index (χ1v) is 3.77. The monoisotopic (exact) mass is 155 g/mol. The van der Waals surface area contributed by atoms with Crippen molar-refractivity contribution in [3.63, 3.8) is 0 Å². The molecule has 0 radical (unpaired) electrons. The van der Waals surface area contributed by atoms with Gasteiger partial charge in [0.15, 0.2) is 6.61 Å². The number of likely N-dealkylation sites (N-methyl/N-ethyl adjacent to an activating group) is 1. The number of hydrogen-bond donors (Lipinski definition) is 0. The van der Waals surface area contributed by atoms with Crippen LogP contribution in [0.3, 0.4) is 0 Å². The fourth-order valence-electron chi connectivity index (χ4n) is 1.14. The van der Waals surface area contributed by atoms with Gasteiger partial charge in [-0.15, -0.1) is 0 Å². The summed E-state index contributed by atoms with van der Waals surface area (Å²) in [6.07, 6.45) is 0. The van der Waals surface area contributed by atoms with E-state index in [1.165, 1.54) is 0 Å². The Morgan fingerprint density at radius 3 is 2.64 bits per heavy atom. The molecular weight excluding hydrogens is 142 g/mol. The molecule has 0 atom stereocenters. The van der Waals surface area contributed by atoms with E-state index in [9.17, 15) is 4.79 Å². The summed E-state index contributed by atoms with van der Waals surface area (Å²) >= 11 is 0. The van der Waals surface area contributed by atoms with Gasteiger partial charge in [0, 0.05) is 6.54 Å². The standard InChI is InChI=1S/C8H13NO2/c1-4-9-6(2)7(3)11-5-8(9)10/h4-5H2,1-3H3. The van der Waals surface area contributed by atoms with E-state index in [1.54, 1.807) is 4.90 Å². The summed E-state index contributed by atoms with van der Waals surface area (Å²) in [6, 6.07) is 0. The second-order valence-corrected chi connectivity index (χ2v) is 2.57. The molecule has 1 amide bonds. The van der Waals surface area contributed by atoms with Crippen LogP contribution in [0, 0.1) is 0 Å². The van der Waals surface area contributed by atoms with Crippen molar-refractivity contribution in [2.75, 3.05) is 13.2 Å². The zero-order chi connectivity index (χ0) is 8.43. The van der Waals surface area contributed by atoms with Crippen LogP contribution in [0.2, 0.25) is 0 Å². The van der Waals surface area contributed by atoms with Crippen molar-refractivity contribution in [1.29, 1.82) is 0 Å². The first-order valence-electron chi connectivity index (χ1n) is 3.77. The Balaban J connectivity index is 2.87.